The first kappa shape index (κ1) is 13.5. The molecule has 0 fully saturated rings. The normalized spacial score (nSPS) is 11.8. The SMILES string of the molecule is CCCC(CCO)CNc1ccc(C#N)cc1. The van der Waals surface area contributed by atoms with Crippen molar-refractivity contribution in [1.82, 2.24) is 0 Å². The van der Waals surface area contributed by atoms with Crippen LogP contribution in [0.5, 0.6) is 0 Å². The summed E-state index contributed by atoms with van der Waals surface area (Å²) >= 11 is 0. The molecule has 0 aromatic heterocycles. The molecule has 0 heterocycles. The summed E-state index contributed by atoms with van der Waals surface area (Å²) in [5.41, 5.74) is 1.71. The van der Waals surface area contributed by atoms with Crippen LogP contribution in [0.2, 0.25) is 0 Å². The Morgan fingerprint density at radius 3 is 2.53 bits per heavy atom. The maximum absolute atomic E-state index is 8.96. The average molecular weight is 232 g/mol. The van der Waals surface area contributed by atoms with Gasteiger partial charge in [-0.25, -0.2) is 0 Å². The molecule has 3 nitrogen and oxygen atoms in total. The third-order valence-corrected chi connectivity index (χ3v) is 2.84. The minimum Gasteiger partial charge on any atom is -0.396 e. The highest BCUT2D eigenvalue weighted by atomic mass is 16.3. The fourth-order valence-electron chi connectivity index (χ4n) is 1.86. The van der Waals surface area contributed by atoms with Gasteiger partial charge < -0.3 is 10.4 Å². The summed E-state index contributed by atoms with van der Waals surface area (Å²) in [6.07, 6.45) is 3.11. The Bertz CT molecular complexity index is 347. The molecule has 1 aromatic rings. The highest BCUT2D eigenvalue weighted by molar-refractivity contribution is 5.47. The van der Waals surface area contributed by atoms with Crippen molar-refractivity contribution in [3.63, 3.8) is 0 Å². The molecular formula is C14H20N2O. The molecule has 3 heteroatoms. The Morgan fingerprint density at radius 2 is 2.00 bits per heavy atom. The number of nitriles is 1. The zero-order valence-corrected chi connectivity index (χ0v) is 10.3. The standard InChI is InChI=1S/C14H20N2O/c1-2-3-13(8-9-17)11-16-14-6-4-12(10-15)5-7-14/h4-7,13,16-17H,2-3,8-9,11H2,1H3. The molecule has 0 radical (unpaired) electrons. The third-order valence-electron chi connectivity index (χ3n) is 2.84. The second kappa shape index (κ2) is 7.70. The molecule has 1 aromatic carbocycles. The second-order valence-corrected chi connectivity index (χ2v) is 4.24. The van der Waals surface area contributed by atoms with Crippen LogP contribution < -0.4 is 5.32 Å². The van der Waals surface area contributed by atoms with E-state index in [9.17, 15) is 0 Å². The molecule has 1 atom stereocenters. The molecule has 1 unspecified atom stereocenters. The first-order chi connectivity index (χ1) is 8.30. The van der Waals surface area contributed by atoms with E-state index in [2.05, 4.69) is 18.3 Å². The molecule has 0 bridgehead atoms. The largest absolute Gasteiger partial charge is 0.396 e. The number of benzene rings is 1. The van der Waals surface area contributed by atoms with Gasteiger partial charge in [0.1, 0.15) is 0 Å². The number of nitrogens with one attached hydrogen (secondary N) is 1. The fraction of sp³-hybridized carbons (Fsp3) is 0.500. The van der Waals surface area contributed by atoms with E-state index >= 15 is 0 Å². The second-order valence-electron chi connectivity index (χ2n) is 4.24. The molecule has 92 valence electrons. The lowest BCUT2D eigenvalue weighted by Gasteiger charge is -2.16. The molecule has 1 rings (SSSR count). The molecule has 0 saturated heterocycles. The lowest BCUT2D eigenvalue weighted by atomic mass is 10.00. The Labute approximate surface area is 103 Å². The van der Waals surface area contributed by atoms with E-state index in [0.717, 1.165) is 31.5 Å². The number of aliphatic hydroxyl groups excluding tert-OH is 1. The van der Waals surface area contributed by atoms with E-state index in [0.29, 0.717) is 11.5 Å². The summed E-state index contributed by atoms with van der Waals surface area (Å²) in [6, 6.07) is 9.55. The number of anilines is 1. The lowest BCUT2D eigenvalue weighted by Crippen LogP contribution is -2.15. The van der Waals surface area contributed by atoms with Crippen molar-refractivity contribution in [3.05, 3.63) is 29.8 Å². The number of aliphatic hydroxyl groups is 1. The Hall–Kier alpha value is -1.53. The van der Waals surface area contributed by atoms with Crippen molar-refractivity contribution in [2.75, 3.05) is 18.5 Å². The van der Waals surface area contributed by atoms with Gasteiger partial charge in [-0.15, -0.1) is 0 Å². The summed E-state index contributed by atoms with van der Waals surface area (Å²) in [5, 5.41) is 21.0. The first-order valence-electron chi connectivity index (χ1n) is 6.15. The van der Waals surface area contributed by atoms with Gasteiger partial charge in [-0.05, 0) is 43.0 Å². The van der Waals surface area contributed by atoms with Crippen LogP contribution in [0.3, 0.4) is 0 Å². The van der Waals surface area contributed by atoms with Crippen LogP contribution in [0.4, 0.5) is 5.69 Å². The molecular weight excluding hydrogens is 212 g/mol. The van der Waals surface area contributed by atoms with Gasteiger partial charge in [0.2, 0.25) is 0 Å². The van der Waals surface area contributed by atoms with E-state index in [-0.39, 0.29) is 6.61 Å². The van der Waals surface area contributed by atoms with Gasteiger partial charge >= 0.3 is 0 Å². The lowest BCUT2D eigenvalue weighted by molar-refractivity contribution is 0.255. The van der Waals surface area contributed by atoms with Crippen molar-refractivity contribution < 1.29 is 5.11 Å². The summed E-state index contributed by atoms with van der Waals surface area (Å²) in [5.74, 6) is 0.514. The van der Waals surface area contributed by atoms with E-state index < -0.39 is 0 Å². The van der Waals surface area contributed by atoms with Crippen molar-refractivity contribution in [3.8, 4) is 6.07 Å². The minimum absolute atomic E-state index is 0.250. The van der Waals surface area contributed by atoms with Crippen LogP contribution in [0.1, 0.15) is 31.7 Å². The number of rotatable bonds is 7. The van der Waals surface area contributed by atoms with Crippen molar-refractivity contribution in [1.29, 1.82) is 5.26 Å². The summed E-state index contributed by atoms with van der Waals surface area (Å²) in [6.45, 7) is 3.28. The van der Waals surface area contributed by atoms with Crippen LogP contribution in [-0.2, 0) is 0 Å². The predicted molar refractivity (Wildman–Crippen MR) is 69.7 cm³/mol. The van der Waals surface area contributed by atoms with Gasteiger partial charge in [-0.3, -0.25) is 0 Å². The zero-order valence-electron chi connectivity index (χ0n) is 10.3. The number of hydrogen-bond donors (Lipinski definition) is 2. The van der Waals surface area contributed by atoms with Gasteiger partial charge in [-0.2, -0.15) is 5.26 Å². The van der Waals surface area contributed by atoms with Gasteiger partial charge in [0.25, 0.3) is 0 Å². The van der Waals surface area contributed by atoms with Gasteiger partial charge in [0, 0.05) is 18.8 Å². The fourth-order valence-corrected chi connectivity index (χ4v) is 1.86. The van der Waals surface area contributed by atoms with Crippen molar-refractivity contribution in [2.24, 2.45) is 5.92 Å². The zero-order chi connectivity index (χ0) is 12.5. The highest BCUT2D eigenvalue weighted by Crippen LogP contribution is 2.14. The minimum atomic E-state index is 0.250. The topological polar surface area (TPSA) is 56.0 Å². The monoisotopic (exact) mass is 232 g/mol. The van der Waals surface area contributed by atoms with E-state index in [1.807, 2.05) is 24.3 Å². The summed E-state index contributed by atoms with van der Waals surface area (Å²) < 4.78 is 0. The van der Waals surface area contributed by atoms with Crippen LogP contribution in [-0.4, -0.2) is 18.3 Å². The van der Waals surface area contributed by atoms with Crippen LogP contribution in [0.25, 0.3) is 0 Å². The number of hydrogen-bond acceptors (Lipinski definition) is 3. The maximum atomic E-state index is 8.96. The molecule has 0 aliphatic rings. The first-order valence-corrected chi connectivity index (χ1v) is 6.15. The van der Waals surface area contributed by atoms with Crippen molar-refractivity contribution in [2.45, 2.75) is 26.2 Å². The Morgan fingerprint density at radius 1 is 1.29 bits per heavy atom. The predicted octanol–water partition coefficient (Wildman–Crippen LogP) is 2.77. The van der Waals surface area contributed by atoms with Crippen LogP contribution in [0, 0.1) is 17.2 Å². The number of nitrogens with zero attached hydrogens (tertiary/aromatic N) is 1. The third kappa shape index (κ3) is 4.88. The van der Waals surface area contributed by atoms with Gasteiger partial charge in [0.15, 0.2) is 0 Å². The smallest absolute Gasteiger partial charge is 0.0991 e. The van der Waals surface area contributed by atoms with Crippen molar-refractivity contribution >= 4 is 5.69 Å². The van der Waals surface area contributed by atoms with Gasteiger partial charge in [0.05, 0.1) is 11.6 Å². The Kier molecular flexibility index (Phi) is 6.13. The van der Waals surface area contributed by atoms with E-state index in [1.165, 1.54) is 0 Å². The molecule has 2 N–H and O–H groups in total. The van der Waals surface area contributed by atoms with Crippen LogP contribution in [0.15, 0.2) is 24.3 Å². The summed E-state index contributed by atoms with van der Waals surface area (Å²) in [7, 11) is 0. The average Bonchev–Trinajstić information content (AvgIpc) is 2.37. The van der Waals surface area contributed by atoms with E-state index in [1.54, 1.807) is 0 Å². The quantitative estimate of drug-likeness (QED) is 0.760. The molecule has 0 aliphatic carbocycles. The maximum Gasteiger partial charge on any atom is 0.0991 e. The molecule has 0 aliphatic heterocycles. The molecule has 0 saturated carbocycles. The summed E-state index contributed by atoms with van der Waals surface area (Å²) in [4.78, 5) is 0. The van der Waals surface area contributed by atoms with Gasteiger partial charge in [-0.1, -0.05) is 13.3 Å². The Balaban J connectivity index is 2.44. The molecule has 0 spiro atoms. The van der Waals surface area contributed by atoms with E-state index in [4.69, 9.17) is 10.4 Å². The van der Waals surface area contributed by atoms with Crippen LogP contribution >= 0.6 is 0 Å². The molecule has 0 amide bonds. The molecule has 17 heavy (non-hydrogen) atoms. The highest BCUT2D eigenvalue weighted by Gasteiger charge is 2.06.